The largest absolute Gasteiger partial charge is 0.493 e. The normalized spacial score (nSPS) is 14.0. The van der Waals surface area contributed by atoms with Crippen molar-refractivity contribution in [2.24, 2.45) is 0 Å². The molecule has 0 N–H and O–H groups in total. The quantitative estimate of drug-likeness (QED) is 0.708. The molecule has 6 nitrogen and oxygen atoms in total. The average Bonchev–Trinajstić information content (AvgIpc) is 2.74. The molecule has 1 heterocycles. The van der Waals surface area contributed by atoms with Crippen LogP contribution in [0.1, 0.15) is 15.9 Å². The van der Waals surface area contributed by atoms with Crippen molar-refractivity contribution in [3.05, 3.63) is 58.1 Å². The minimum Gasteiger partial charge on any atom is -0.493 e. The van der Waals surface area contributed by atoms with E-state index in [-0.39, 0.29) is 11.8 Å². The van der Waals surface area contributed by atoms with Gasteiger partial charge in [0.15, 0.2) is 11.5 Å². The van der Waals surface area contributed by atoms with Crippen molar-refractivity contribution in [3.63, 3.8) is 0 Å². The number of piperazine rings is 1. The highest BCUT2D eigenvalue weighted by Gasteiger charge is 2.25. The van der Waals surface area contributed by atoms with Gasteiger partial charge in [-0.3, -0.25) is 9.59 Å². The summed E-state index contributed by atoms with van der Waals surface area (Å²) in [7, 11) is 3.10. The van der Waals surface area contributed by atoms with Gasteiger partial charge < -0.3 is 19.3 Å². The molecule has 2 amide bonds. The molecule has 0 unspecified atom stereocenters. The van der Waals surface area contributed by atoms with Crippen molar-refractivity contribution >= 4 is 27.7 Å². The molecule has 1 fully saturated rings. The van der Waals surface area contributed by atoms with Gasteiger partial charge in [-0.25, -0.2) is 0 Å². The Kier molecular flexibility index (Phi) is 6.57. The molecule has 1 aliphatic heterocycles. The molecule has 0 atom stereocenters. The zero-order chi connectivity index (χ0) is 20.1. The van der Waals surface area contributed by atoms with Gasteiger partial charge in [-0.15, -0.1) is 0 Å². The fraction of sp³-hybridized carbons (Fsp3) is 0.333. The lowest BCUT2D eigenvalue weighted by Gasteiger charge is -2.35. The zero-order valence-electron chi connectivity index (χ0n) is 16.0. The van der Waals surface area contributed by atoms with Crippen molar-refractivity contribution in [1.82, 2.24) is 9.80 Å². The third-order valence-electron chi connectivity index (χ3n) is 4.85. The van der Waals surface area contributed by atoms with Crippen molar-refractivity contribution in [2.45, 2.75) is 6.42 Å². The van der Waals surface area contributed by atoms with E-state index in [2.05, 4.69) is 15.9 Å². The van der Waals surface area contributed by atoms with Crippen LogP contribution in [-0.2, 0) is 11.2 Å². The summed E-state index contributed by atoms with van der Waals surface area (Å²) in [5.74, 6) is 1.11. The molecule has 0 bridgehead atoms. The van der Waals surface area contributed by atoms with Gasteiger partial charge in [0.2, 0.25) is 5.91 Å². The van der Waals surface area contributed by atoms with Crippen molar-refractivity contribution in [2.75, 3.05) is 40.4 Å². The van der Waals surface area contributed by atoms with Crippen LogP contribution in [0.4, 0.5) is 0 Å². The minimum atomic E-state index is -0.0705. The molecule has 148 valence electrons. The molecule has 1 aliphatic rings. The molecule has 3 rings (SSSR count). The monoisotopic (exact) mass is 446 g/mol. The predicted molar refractivity (Wildman–Crippen MR) is 110 cm³/mol. The minimum absolute atomic E-state index is 0.0705. The Morgan fingerprint density at radius 1 is 0.929 bits per heavy atom. The highest BCUT2D eigenvalue weighted by atomic mass is 79.9. The van der Waals surface area contributed by atoms with Crippen LogP contribution in [0.3, 0.4) is 0 Å². The number of amides is 2. The maximum absolute atomic E-state index is 12.8. The van der Waals surface area contributed by atoms with Gasteiger partial charge in [-0.05, 0) is 29.8 Å². The first-order valence-electron chi connectivity index (χ1n) is 9.06. The molecule has 0 spiro atoms. The number of ether oxygens (including phenoxy) is 2. The van der Waals surface area contributed by atoms with E-state index in [0.29, 0.717) is 49.7 Å². The Labute approximate surface area is 173 Å². The van der Waals surface area contributed by atoms with Gasteiger partial charge in [0.1, 0.15) is 0 Å². The van der Waals surface area contributed by atoms with E-state index in [1.54, 1.807) is 37.3 Å². The molecule has 0 aromatic heterocycles. The molecule has 0 radical (unpaired) electrons. The van der Waals surface area contributed by atoms with Crippen LogP contribution in [0.25, 0.3) is 0 Å². The molecular weight excluding hydrogens is 424 g/mol. The van der Waals surface area contributed by atoms with Crippen LogP contribution in [0.2, 0.25) is 0 Å². The van der Waals surface area contributed by atoms with Crippen LogP contribution in [-0.4, -0.2) is 62.0 Å². The number of benzene rings is 2. The van der Waals surface area contributed by atoms with Crippen molar-refractivity contribution < 1.29 is 19.1 Å². The van der Waals surface area contributed by atoms with Crippen LogP contribution >= 0.6 is 15.9 Å². The van der Waals surface area contributed by atoms with Gasteiger partial charge in [0.05, 0.1) is 20.6 Å². The Balaban J connectivity index is 1.59. The number of nitrogens with zero attached hydrogens (tertiary/aromatic N) is 2. The summed E-state index contributed by atoms with van der Waals surface area (Å²) in [6, 6.07) is 12.9. The summed E-state index contributed by atoms with van der Waals surface area (Å²) in [5, 5.41) is 0. The molecule has 1 saturated heterocycles. The summed E-state index contributed by atoms with van der Waals surface area (Å²) in [6.07, 6.45) is 0.352. The first kappa shape index (κ1) is 20.2. The second-order valence-corrected chi connectivity index (χ2v) is 7.37. The van der Waals surface area contributed by atoms with Gasteiger partial charge in [-0.2, -0.15) is 0 Å². The Hall–Kier alpha value is -2.54. The van der Waals surface area contributed by atoms with Crippen LogP contribution in [0.15, 0.2) is 46.9 Å². The topological polar surface area (TPSA) is 59.1 Å². The first-order valence-corrected chi connectivity index (χ1v) is 9.85. The molecule has 2 aromatic carbocycles. The standard InChI is InChI=1S/C21H23BrN2O4/c1-27-18-8-7-16(13-19(18)28-2)21(26)24-11-9-23(10-12-24)20(25)14-15-5-3-4-6-17(15)22/h3-8,13H,9-12,14H2,1-2H3. The lowest BCUT2D eigenvalue weighted by atomic mass is 10.1. The number of carbonyl (C=O) groups excluding carboxylic acids is 2. The number of rotatable bonds is 5. The maximum atomic E-state index is 12.8. The van der Waals surface area contributed by atoms with E-state index < -0.39 is 0 Å². The van der Waals surface area contributed by atoms with Gasteiger partial charge in [0.25, 0.3) is 5.91 Å². The van der Waals surface area contributed by atoms with E-state index in [4.69, 9.17) is 9.47 Å². The Bertz CT molecular complexity index is 863. The van der Waals surface area contributed by atoms with Gasteiger partial charge >= 0.3 is 0 Å². The predicted octanol–water partition coefficient (Wildman–Crippen LogP) is 2.99. The summed E-state index contributed by atoms with van der Waals surface area (Å²) in [6.45, 7) is 2.08. The lowest BCUT2D eigenvalue weighted by molar-refractivity contribution is -0.131. The number of halogens is 1. The first-order chi connectivity index (χ1) is 13.5. The van der Waals surface area contributed by atoms with Crippen molar-refractivity contribution in [3.8, 4) is 11.5 Å². The second-order valence-electron chi connectivity index (χ2n) is 6.51. The summed E-state index contributed by atoms with van der Waals surface area (Å²) >= 11 is 3.48. The number of hydrogen-bond acceptors (Lipinski definition) is 4. The van der Waals surface area contributed by atoms with E-state index in [1.165, 1.54) is 0 Å². The highest BCUT2D eigenvalue weighted by molar-refractivity contribution is 9.10. The average molecular weight is 447 g/mol. The number of methoxy groups -OCH3 is 2. The lowest BCUT2D eigenvalue weighted by Crippen LogP contribution is -2.51. The molecule has 0 saturated carbocycles. The van der Waals surface area contributed by atoms with Gasteiger partial charge in [0, 0.05) is 36.2 Å². The molecule has 7 heteroatoms. The van der Waals surface area contributed by atoms with Crippen molar-refractivity contribution in [1.29, 1.82) is 0 Å². The fourth-order valence-electron chi connectivity index (χ4n) is 3.23. The number of carbonyl (C=O) groups is 2. The second kappa shape index (κ2) is 9.10. The molecular formula is C21H23BrN2O4. The zero-order valence-corrected chi connectivity index (χ0v) is 17.6. The van der Waals surface area contributed by atoms with Crippen LogP contribution < -0.4 is 9.47 Å². The Morgan fingerprint density at radius 2 is 1.57 bits per heavy atom. The maximum Gasteiger partial charge on any atom is 0.254 e. The smallest absolute Gasteiger partial charge is 0.254 e. The molecule has 0 aliphatic carbocycles. The van der Waals surface area contributed by atoms with Gasteiger partial charge in [-0.1, -0.05) is 34.1 Å². The van der Waals surface area contributed by atoms with E-state index in [0.717, 1.165) is 10.0 Å². The van der Waals surface area contributed by atoms with E-state index in [1.807, 2.05) is 29.2 Å². The third kappa shape index (κ3) is 4.47. The molecule has 2 aromatic rings. The fourth-order valence-corrected chi connectivity index (χ4v) is 3.65. The summed E-state index contributed by atoms with van der Waals surface area (Å²) in [5.41, 5.74) is 1.52. The molecule has 28 heavy (non-hydrogen) atoms. The highest BCUT2D eigenvalue weighted by Crippen LogP contribution is 2.28. The number of hydrogen-bond donors (Lipinski definition) is 0. The van der Waals surface area contributed by atoms with E-state index in [9.17, 15) is 9.59 Å². The third-order valence-corrected chi connectivity index (χ3v) is 5.62. The SMILES string of the molecule is COc1ccc(C(=O)N2CCN(C(=O)Cc3ccccc3Br)CC2)cc1OC. The Morgan fingerprint density at radius 3 is 2.21 bits per heavy atom. The van der Waals surface area contributed by atoms with Crippen LogP contribution in [0.5, 0.6) is 11.5 Å². The van der Waals surface area contributed by atoms with E-state index >= 15 is 0 Å². The van der Waals surface area contributed by atoms with Crippen LogP contribution in [0, 0.1) is 0 Å². The summed E-state index contributed by atoms with van der Waals surface area (Å²) < 4.78 is 11.4. The summed E-state index contributed by atoms with van der Waals surface area (Å²) in [4.78, 5) is 29.0.